The third kappa shape index (κ3) is 10.0. The van der Waals surface area contributed by atoms with Crippen molar-refractivity contribution in [3.63, 3.8) is 0 Å². The molecule has 0 saturated carbocycles. The van der Waals surface area contributed by atoms with Crippen LogP contribution in [0.15, 0.2) is 0 Å². The normalized spacial score (nSPS) is 13.6. The van der Waals surface area contributed by atoms with Gasteiger partial charge in [-0.3, -0.25) is 0 Å². The topological polar surface area (TPSA) is 79.2 Å². The first-order valence-corrected chi connectivity index (χ1v) is 4.93. The molecule has 0 unspecified atom stereocenters. The summed E-state index contributed by atoms with van der Waals surface area (Å²) in [7, 11) is -4.48. The van der Waals surface area contributed by atoms with Crippen LogP contribution in [0.3, 0.4) is 0 Å². The van der Waals surface area contributed by atoms with Gasteiger partial charge in [0.1, 0.15) is 0 Å². The van der Waals surface area contributed by atoms with Crippen LogP contribution in [-0.2, 0) is 9.46 Å². The van der Waals surface area contributed by atoms with Gasteiger partial charge in [0.25, 0.3) is 0 Å². The maximum atomic E-state index is 8.32. The van der Waals surface area contributed by atoms with Crippen LogP contribution in [-0.4, -0.2) is 30.0 Å². The van der Waals surface area contributed by atoms with E-state index in [1.54, 1.807) is 0 Å². The lowest BCUT2D eigenvalue weighted by molar-refractivity contribution is -0.274. The molecule has 3 N–H and O–H groups in total. The van der Waals surface area contributed by atoms with E-state index in [0.29, 0.717) is 0 Å². The minimum absolute atomic E-state index is 0.139. The van der Waals surface area contributed by atoms with Gasteiger partial charge in [-0.05, 0) is 5.41 Å². The largest absolute Gasteiger partial charge is 0.699 e. The Bertz CT molecular complexity index is 99.0. The molecule has 0 aromatic carbocycles. The van der Waals surface area contributed by atoms with Crippen molar-refractivity contribution in [2.75, 3.05) is 6.61 Å². The summed E-state index contributed by atoms with van der Waals surface area (Å²) >= 11 is 0. The molecule has 0 aromatic rings. The van der Waals surface area contributed by atoms with E-state index in [2.05, 4.69) is 9.46 Å². The van der Waals surface area contributed by atoms with Crippen LogP contribution in [0, 0.1) is 5.41 Å². The average Bonchev–Trinajstić information content (AvgIpc) is 1.55. The summed E-state index contributed by atoms with van der Waals surface area (Å²) in [6, 6.07) is 0. The van der Waals surface area contributed by atoms with Crippen LogP contribution in [0.25, 0.3) is 0 Å². The molecular weight excluding hydrogens is 168 g/mol. The molecule has 0 aliphatic rings. The van der Waals surface area contributed by atoms with Crippen LogP contribution in [0.5, 0.6) is 0 Å². The highest BCUT2D eigenvalue weighted by molar-refractivity contribution is 6.48. The maximum absolute atomic E-state index is 8.32. The van der Waals surface area contributed by atoms with Crippen LogP contribution < -0.4 is 0 Å². The Morgan fingerprint density at radius 2 is 1.64 bits per heavy atom. The standard InChI is InChI=1S/C5H14O5Si/c1-5(2,3)4-9-10-11(6,7)8/h6-8H,4H2,1-3H3. The molecule has 5 nitrogen and oxygen atoms in total. The van der Waals surface area contributed by atoms with Gasteiger partial charge in [0.15, 0.2) is 0 Å². The van der Waals surface area contributed by atoms with E-state index in [9.17, 15) is 0 Å². The van der Waals surface area contributed by atoms with E-state index in [0.717, 1.165) is 0 Å². The fraction of sp³-hybridized carbons (Fsp3) is 1.00. The highest BCUT2D eigenvalue weighted by Gasteiger charge is 2.33. The molecule has 0 aliphatic heterocycles. The molecule has 11 heavy (non-hydrogen) atoms. The number of rotatable bonds is 3. The summed E-state index contributed by atoms with van der Waals surface area (Å²) in [4.78, 5) is 29.3. The third-order valence-electron chi connectivity index (χ3n) is 0.663. The third-order valence-corrected chi connectivity index (χ3v) is 1.00. The van der Waals surface area contributed by atoms with E-state index < -0.39 is 9.05 Å². The molecule has 0 fully saturated rings. The van der Waals surface area contributed by atoms with E-state index in [1.807, 2.05) is 20.8 Å². The molecule has 0 saturated heterocycles. The summed E-state index contributed by atoms with van der Waals surface area (Å²) in [5.41, 5.74) is -0.139. The minimum atomic E-state index is -4.48. The lowest BCUT2D eigenvalue weighted by atomic mass is 9.99. The molecule has 0 radical (unpaired) electrons. The average molecular weight is 182 g/mol. The quantitative estimate of drug-likeness (QED) is 0.308. The van der Waals surface area contributed by atoms with Crippen molar-refractivity contribution < 1.29 is 23.9 Å². The van der Waals surface area contributed by atoms with Gasteiger partial charge in [0, 0.05) is 0 Å². The van der Waals surface area contributed by atoms with Crippen LogP contribution in [0.2, 0.25) is 0 Å². The van der Waals surface area contributed by atoms with Gasteiger partial charge in [-0.2, -0.15) is 4.58 Å². The Morgan fingerprint density at radius 1 is 1.18 bits per heavy atom. The van der Waals surface area contributed by atoms with Gasteiger partial charge in [-0.1, -0.05) is 20.8 Å². The lowest BCUT2D eigenvalue weighted by Crippen LogP contribution is -2.39. The molecule has 0 aromatic heterocycles. The highest BCUT2D eigenvalue weighted by Crippen LogP contribution is 2.13. The summed E-state index contributed by atoms with van der Waals surface area (Å²) < 4.78 is 3.91. The van der Waals surface area contributed by atoms with Gasteiger partial charge in [-0.25, -0.2) is 4.89 Å². The molecule has 0 heterocycles. The van der Waals surface area contributed by atoms with Crippen LogP contribution >= 0.6 is 0 Å². The van der Waals surface area contributed by atoms with E-state index in [4.69, 9.17) is 14.4 Å². The van der Waals surface area contributed by atoms with Crippen LogP contribution in [0.1, 0.15) is 20.8 Å². The monoisotopic (exact) mass is 182 g/mol. The Balaban J connectivity index is 3.44. The molecule has 0 rings (SSSR count). The Morgan fingerprint density at radius 3 is 1.91 bits per heavy atom. The minimum Gasteiger partial charge on any atom is -0.366 e. The zero-order chi connectivity index (χ0) is 9.12. The van der Waals surface area contributed by atoms with Gasteiger partial charge in [0.05, 0.1) is 6.61 Å². The number of hydrogen-bond acceptors (Lipinski definition) is 5. The Labute approximate surface area is 66.6 Å². The Hall–Kier alpha value is 0.0169. The lowest BCUT2D eigenvalue weighted by Gasteiger charge is -2.18. The van der Waals surface area contributed by atoms with Crippen molar-refractivity contribution in [1.82, 2.24) is 0 Å². The van der Waals surface area contributed by atoms with Crippen molar-refractivity contribution in [2.45, 2.75) is 20.8 Å². The number of hydrogen-bond donors (Lipinski definition) is 3. The molecule has 0 amide bonds. The highest BCUT2D eigenvalue weighted by atomic mass is 28.4. The SMILES string of the molecule is CC(C)(C)COO[Si](O)(O)O. The summed E-state index contributed by atoms with van der Waals surface area (Å²) in [6.45, 7) is 5.83. The molecule has 68 valence electrons. The first kappa shape index (κ1) is 11.0. The zero-order valence-electron chi connectivity index (χ0n) is 6.87. The second kappa shape index (κ2) is 3.61. The van der Waals surface area contributed by atoms with Crippen molar-refractivity contribution in [3.05, 3.63) is 0 Å². The molecule has 0 aliphatic carbocycles. The smallest absolute Gasteiger partial charge is 0.366 e. The van der Waals surface area contributed by atoms with Crippen molar-refractivity contribution in [2.24, 2.45) is 5.41 Å². The second-order valence-corrected chi connectivity index (χ2v) is 4.79. The first-order valence-electron chi connectivity index (χ1n) is 3.18. The zero-order valence-corrected chi connectivity index (χ0v) is 7.87. The fourth-order valence-corrected chi connectivity index (χ4v) is 0.502. The predicted molar refractivity (Wildman–Crippen MR) is 38.9 cm³/mol. The summed E-state index contributed by atoms with van der Waals surface area (Å²) in [6.07, 6.45) is 0. The molecule has 6 heteroatoms. The maximum Gasteiger partial charge on any atom is 0.699 e. The van der Waals surface area contributed by atoms with Crippen molar-refractivity contribution in [3.8, 4) is 0 Å². The predicted octanol–water partition coefficient (Wildman–Crippen LogP) is -0.607. The van der Waals surface area contributed by atoms with Gasteiger partial charge >= 0.3 is 9.05 Å². The Kier molecular flexibility index (Phi) is 3.62. The van der Waals surface area contributed by atoms with E-state index in [1.165, 1.54) is 0 Å². The molecule has 0 spiro atoms. The van der Waals surface area contributed by atoms with Gasteiger partial charge in [-0.15, -0.1) is 0 Å². The molecule has 0 bridgehead atoms. The first-order chi connectivity index (χ1) is 4.71. The van der Waals surface area contributed by atoms with Crippen molar-refractivity contribution >= 4 is 9.05 Å². The van der Waals surface area contributed by atoms with E-state index >= 15 is 0 Å². The summed E-state index contributed by atoms with van der Waals surface area (Å²) in [5, 5.41) is 0. The summed E-state index contributed by atoms with van der Waals surface area (Å²) in [5.74, 6) is 0. The van der Waals surface area contributed by atoms with Gasteiger partial charge in [0.2, 0.25) is 0 Å². The van der Waals surface area contributed by atoms with E-state index in [-0.39, 0.29) is 12.0 Å². The van der Waals surface area contributed by atoms with Crippen molar-refractivity contribution in [1.29, 1.82) is 0 Å². The van der Waals surface area contributed by atoms with Crippen LogP contribution in [0.4, 0.5) is 0 Å². The molecular formula is C5H14O5Si. The van der Waals surface area contributed by atoms with Gasteiger partial charge < -0.3 is 14.4 Å². The fourth-order valence-electron chi connectivity index (χ4n) is 0.285. The second-order valence-electron chi connectivity index (χ2n) is 3.48. The molecule has 0 atom stereocenters.